The predicted octanol–water partition coefficient (Wildman–Crippen LogP) is 2.43. The molecule has 1 aromatic heterocycles. The fourth-order valence-electron chi connectivity index (χ4n) is 2.24. The smallest absolute Gasteiger partial charge is 0.200 e. The summed E-state index contributed by atoms with van der Waals surface area (Å²) in [5.74, 6) is 1.46. The van der Waals surface area contributed by atoms with E-state index >= 15 is 0 Å². The minimum Gasteiger partial charge on any atom is -0.350 e. The predicted molar refractivity (Wildman–Crippen MR) is 60.0 cm³/mol. The van der Waals surface area contributed by atoms with E-state index < -0.39 is 0 Å². The van der Waals surface area contributed by atoms with Crippen LogP contribution >= 0.6 is 0 Å². The van der Waals surface area contributed by atoms with Crippen LogP contribution in [0.4, 0.5) is 0 Å². The molecule has 1 aliphatic carbocycles. The van der Waals surface area contributed by atoms with Crippen molar-refractivity contribution in [3.8, 4) is 0 Å². The largest absolute Gasteiger partial charge is 0.350 e. The fraction of sp³-hybridized carbons (Fsp3) is 0.667. The molecule has 1 aliphatic rings. The molecule has 0 N–H and O–H groups in total. The Morgan fingerprint density at radius 1 is 1.25 bits per heavy atom. The molecule has 1 heterocycles. The summed E-state index contributed by atoms with van der Waals surface area (Å²) in [6.45, 7) is 0. The zero-order chi connectivity index (χ0) is 11.4. The highest BCUT2D eigenvalue weighted by atomic mass is 16.7. The van der Waals surface area contributed by atoms with Crippen LogP contribution in [0.1, 0.15) is 49.4 Å². The number of methoxy groups -OCH3 is 2. The van der Waals surface area contributed by atoms with Crippen LogP contribution in [-0.2, 0) is 9.47 Å². The highest BCUT2D eigenvalue weighted by molar-refractivity contribution is 5.08. The van der Waals surface area contributed by atoms with E-state index in [1.54, 1.807) is 20.4 Å². The second kappa shape index (κ2) is 5.37. The molecule has 0 atom stereocenters. The van der Waals surface area contributed by atoms with Crippen molar-refractivity contribution in [2.45, 2.75) is 37.9 Å². The zero-order valence-corrected chi connectivity index (χ0v) is 9.85. The van der Waals surface area contributed by atoms with Crippen LogP contribution in [-0.4, -0.2) is 24.2 Å². The number of hydrogen-bond donors (Lipinski definition) is 0. The summed E-state index contributed by atoms with van der Waals surface area (Å²) in [4.78, 5) is 8.89. The zero-order valence-electron chi connectivity index (χ0n) is 9.85. The van der Waals surface area contributed by atoms with Crippen molar-refractivity contribution in [2.75, 3.05) is 14.2 Å². The maximum absolute atomic E-state index is 5.19. The summed E-state index contributed by atoms with van der Waals surface area (Å²) in [5, 5.41) is 0. The molecule has 1 saturated carbocycles. The first-order valence-electron chi connectivity index (χ1n) is 5.73. The molecule has 0 bridgehead atoms. The normalized spacial score (nSPS) is 17.2. The first kappa shape index (κ1) is 11.5. The lowest BCUT2D eigenvalue weighted by atomic mass is 10.1. The van der Waals surface area contributed by atoms with Gasteiger partial charge in [0.2, 0.25) is 6.29 Å². The van der Waals surface area contributed by atoms with Crippen molar-refractivity contribution in [2.24, 2.45) is 0 Å². The lowest BCUT2D eigenvalue weighted by molar-refractivity contribution is -0.108. The first-order valence-corrected chi connectivity index (χ1v) is 5.73. The molecule has 0 aliphatic heterocycles. The van der Waals surface area contributed by atoms with E-state index in [0.717, 1.165) is 11.5 Å². The molecule has 2 rings (SSSR count). The summed E-state index contributed by atoms with van der Waals surface area (Å²) in [7, 11) is 3.23. The van der Waals surface area contributed by atoms with Crippen molar-refractivity contribution in [1.29, 1.82) is 0 Å². The van der Waals surface area contributed by atoms with Gasteiger partial charge in [-0.3, -0.25) is 0 Å². The highest BCUT2D eigenvalue weighted by Gasteiger charge is 2.21. The Bertz CT molecular complexity index is 316. The molecular formula is C12H18N2O2. The van der Waals surface area contributed by atoms with Crippen molar-refractivity contribution in [1.82, 2.24) is 9.97 Å². The SMILES string of the molecule is COC(OC)c1ccnc(C2CCCC2)n1. The van der Waals surface area contributed by atoms with Gasteiger partial charge in [0.25, 0.3) is 0 Å². The average molecular weight is 222 g/mol. The second-order valence-corrected chi connectivity index (χ2v) is 4.12. The Balaban J connectivity index is 2.18. The molecule has 88 valence electrons. The van der Waals surface area contributed by atoms with Gasteiger partial charge in [0.1, 0.15) is 5.82 Å². The van der Waals surface area contributed by atoms with Gasteiger partial charge in [-0.2, -0.15) is 0 Å². The lowest BCUT2D eigenvalue weighted by Crippen LogP contribution is -2.09. The molecule has 0 unspecified atom stereocenters. The van der Waals surface area contributed by atoms with E-state index in [9.17, 15) is 0 Å². The van der Waals surface area contributed by atoms with Crippen molar-refractivity contribution in [3.05, 3.63) is 23.8 Å². The molecule has 4 heteroatoms. The Morgan fingerprint density at radius 3 is 2.56 bits per heavy atom. The van der Waals surface area contributed by atoms with E-state index in [4.69, 9.17) is 9.47 Å². The minimum atomic E-state index is -0.386. The summed E-state index contributed by atoms with van der Waals surface area (Å²) in [6, 6.07) is 1.84. The van der Waals surface area contributed by atoms with Gasteiger partial charge in [-0.1, -0.05) is 12.8 Å². The van der Waals surface area contributed by atoms with Crippen LogP contribution in [0.2, 0.25) is 0 Å². The van der Waals surface area contributed by atoms with Crippen molar-refractivity contribution in [3.63, 3.8) is 0 Å². The fourth-order valence-corrected chi connectivity index (χ4v) is 2.24. The van der Waals surface area contributed by atoms with Crippen LogP contribution in [0, 0.1) is 0 Å². The number of nitrogens with zero attached hydrogens (tertiary/aromatic N) is 2. The Morgan fingerprint density at radius 2 is 1.94 bits per heavy atom. The average Bonchev–Trinajstić information content (AvgIpc) is 2.85. The van der Waals surface area contributed by atoms with Gasteiger partial charge in [-0.15, -0.1) is 0 Å². The summed E-state index contributed by atoms with van der Waals surface area (Å²) in [6.07, 6.45) is 6.39. The van der Waals surface area contributed by atoms with Gasteiger partial charge < -0.3 is 9.47 Å². The third-order valence-corrected chi connectivity index (χ3v) is 3.09. The number of ether oxygens (including phenoxy) is 2. The summed E-state index contributed by atoms with van der Waals surface area (Å²) in [5.41, 5.74) is 0.807. The van der Waals surface area contributed by atoms with E-state index in [-0.39, 0.29) is 6.29 Å². The van der Waals surface area contributed by atoms with Crippen molar-refractivity contribution >= 4 is 0 Å². The number of rotatable bonds is 4. The molecular weight excluding hydrogens is 204 g/mol. The number of hydrogen-bond acceptors (Lipinski definition) is 4. The summed E-state index contributed by atoms with van der Waals surface area (Å²) < 4.78 is 10.4. The third kappa shape index (κ3) is 2.39. The monoisotopic (exact) mass is 222 g/mol. The molecule has 0 radical (unpaired) electrons. The molecule has 1 fully saturated rings. The molecule has 0 amide bonds. The highest BCUT2D eigenvalue weighted by Crippen LogP contribution is 2.32. The second-order valence-electron chi connectivity index (χ2n) is 4.12. The third-order valence-electron chi connectivity index (χ3n) is 3.09. The van der Waals surface area contributed by atoms with E-state index in [0.29, 0.717) is 5.92 Å². The maximum Gasteiger partial charge on any atom is 0.200 e. The molecule has 0 aromatic carbocycles. The van der Waals surface area contributed by atoms with E-state index in [1.165, 1.54) is 25.7 Å². The van der Waals surface area contributed by atoms with Gasteiger partial charge in [0, 0.05) is 26.3 Å². The molecule has 0 saturated heterocycles. The minimum absolute atomic E-state index is 0.386. The molecule has 0 spiro atoms. The molecule has 16 heavy (non-hydrogen) atoms. The standard InChI is InChI=1S/C12H18N2O2/c1-15-12(16-2)10-7-8-13-11(14-10)9-5-3-4-6-9/h7-9,12H,3-6H2,1-2H3. The van der Waals surface area contributed by atoms with Gasteiger partial charge in [-0.05, 0) is 18.9 Å². The van der Waals surface area contributed by atoms with E-state index in [1.807, 2.05) is 6.07 Å². The van der Waals surface area contributed by atoms with Crippen LogP contribution in [0.3, 0.4) is 0 Å². The Kier molecular flexibility index (Phi) is 3.85. The van der Waals surface area contributed by atoms with E-state index in [2.05, 4.69) is 9.97 Å². The van der Waals surface area contributed by atoms with Crippen LogP contribution in [0.25, 0.3) is 0 Å². The van der Waals surface area contributed by atoms with Crippen LogP contribution in [0.5, 0.6) is 0 Å². The summed E-state index contributed by atoms with van der Waals surface area (Å²) >= 11 is 0. The molecule has 4 nitrogen and oxygen atoms in total. The lowest BCUT2D eigenvalue weighted by Gasteiger charge is -2.14. The van der Waals surface area contributed by atoms with Gasteiger partial charge >= 0.3 is 0 Å². The van der Waals surface area contributed by atoms with Crippen LogP contribution in [0.15, 0.2) is 12.3 Å². The Labute approximate surface area is 96.0 Å². The molecule has 1 aromatic rings. The Hall–Kier alpha value is -1.00. The number of aromatic nitrogens is 2. The van der Waals surface area contributed by atoms with Gasteiger partial charge in [0.05, 0.1) is 5.69 Å². The topological polar surface area (TPSA) is 44.2 Å². The van der Waals surface area contributed by atoms with Gasteiger partial charge in [-0.25, -0.2) is 9.97 Å². The maximum atomic E-state index is 5.19. The van der Waals surface area contributed by atoms with Crippen molar-refractivity contribution < 1.29 is 9.47 Å². The first-order chi connectivity index (χ1) is 7.85. The van der Waals surface area contributed by atoms with Crippen LogP contribution < -0.4 is 0 Å². The quantitative estimate of drug-likeness (QED) is 0.734. The van der Waals surface area contributed by atoms with Gasteiger partial charge in [0.15, 0.2) is 0 Å².